The third-order valence-corrected chi connectivity index (χ3v) is 3.75. The number of rotatable bonds is 3. The van der Waals surface area contributed by atoms with Gasteiger partial charge in [-0.15, -0.1) is 0 Å². The van der Waals surface area contributed by atoms with Crippen molar-refractivity contribution in [2.75, 3.05) is 13.2 Å². The van der Waals surface area contributed by atoms with Crippen LogP contribution in [-0.4, -0.2) is 13.2 Å². The van der Waals surface area contributed by atoms with E-state index in [9.17, 15) is 0 Å². The van der Waals surface area contributed by atoms with Gasteiger partial charge in [-0.2, -0.15) is 0 Å². The summed E-state index contributed by atoms with van der Waals surface area (Å²) in [6.07, 6.45) is 2.30. The molecule has 1 atom stereocenters. The fourth-order valence-corrected chi connectivity index (χ4v) is 2.82. The Balaban J connectivity index is 2.51. The number of aryl methyl sites for hydroxylation is 1. The van der Waals surface area contributed by atoms with Crippen LogP contribution >= 0.6 is 0 Å². The molecule has 0 spiro atoms. The van der Waals surface area contributed by atoms with Gasteiger partial charge < -0.3 is 10.1 Å². The molecule has 1 aliphatic rings. The molecule has 0 aliphatic carbocycles. The summed E-state index contributed by atoms with van der Waals surface area (Å²) in [5, 5.41) is 3.61. The monoisotopic (exact) mass is 247 g/mol. The average Bonchev–Trinajstić information content (AvgIpc) is 2.53. The van der Waals surface area contributed by atoms with E-state index >= 15 is 0 Å². The molecule has 2 rings (SSSR count). The van der Waals surface area contributed by atoms with Crippen molar-refractivity contribution in [2.45, 2.75) is 52.5 Å². The SMILES string of the molecule is CCNC1CCCOc2c(C(C)C)ccc(C)c21. The quantitative estimate of drug-likeness (QED) is 0.873. The van der Waals surface area contributed by atoms with E-state index < -0.39 is 0 Å². The minimum atomic E-state index is 0.450. The van der Waals surface area contributed by atoms with Crippen molar-refractivity contribution in [1.82, 2.24) is 5.32 Å². The molecule has 0 saturated heterocycles. The number of ether oxygens (including phenoxy) is 1. The van der Waals surface area contributed by atoms with Crippen molar-refractivity contribution in [1.29, 1.82) is 0 Å². The second-order valence-electron chi connectivity index (χ2n) is 5.47. The van der Waals surface area contributed by atoms with E-state index in [2.05, 4.69) is 45.1 Å². The van der Waals surface area contributed by atoms with Crippen LogP contribution in [0.5, 0.6) is 5.75 Å². The highest BCUT2D eigenvalue weighted by Gasteiger charge is 2.24. The zero-order valence-corrected chi connectivity index (χ0v) is 12.0. The first kappa shape index (κ1) is 13.4. The first-order valence-corrected chi connectivity index (χ1v) is 7.14. The highest BCUT2D eigenvalue weighted by Crippen LogP contribution is 2.39. The Morgan fingerprint density at radius 2 is 2.17 bits per heavy atom. The van der Waals surface area contributed by atoms with Crippen molar-refractivity contribution in [3.05, 3.63) is 28.8 Å². The summed E-state index contributed by atoms with van der Waals surface area (Å²) >= 11 is 0. The zero-order valence-electron chi connectivity index (χ0n) is 12.0. The van der Waals surface area contributed by atoms with E-state index in [1.807, 2.05) is 0 Å². The number of hydrogen-bond acceptors (Lipinski definition) is 2. The van der Waals surface area contributed by atoms with Gasteiger partial charge in [0.05, 0.1) is 6.61 Å². The predicted molar refractivity (Wildman–Crippen MR) is 76.4 cm³/mol. The lowest BCUT2D eigenvalue weighted by Crippen LogP contribution is -2.21. The van der Waals surface area contributed by atoms with Crippen LogP contribution in [0.15, 0.2) is 12.1 Å². The summed E-state index contributed by atoms with van der Waals surface area (Å²) < 4.78 is 6.06. The average molecular weight is 247 g/mol. The van der Waals surface area contributed by atoms with Gasteiger partial charge in [0.25, 0.3) is 0 Å². The molecule has 1 aliphatic heterocycles. The summed E-state index contributed by atoms with van der Waals surface area (Å²) in [7, 11) is 0. The van der Waals surface area contributed by atoms with Gasteiger partial charge in [-0.1, -0.05) is 32.9 Å². The Bertz CT molecular complexity index is 412. The Kier molecular flexibility index (Phi) is 4.28. The van der Waals surface area contributed by atoms with E-state index in [1.54, 1.807) is 0 Å². The second-order valence-corrected chi connectivity index (χ2v) is 5.47. The molecule has 0 radical (unpaired) electrons. The van der Waals surface area contributed by atoms with E-state index in [-0.39, 0.29) is 0 Å². The number of hydrogen-bond donors (Lipinski definition) is 1. The Morgan fingerprint density at radius 3 is 2.83 bits per heavy atom. The minimum absolute atomic E-state index is 0.450. The van der Waals surface area contributed by atoms with Crippen LogP contribution in [0.1, 0.15) is 62.3 Å². The Hall–Kier alpha value is -1.02. The topological polar surface area (TPSA) is 21.3 Å². The highest BCUT2D eigenvalue weighted by molar-refractivity contribution is 5.49. The van der Waals surface area contributed by atoms with Gasteiger partial charge in [0.15, 0.2) is 0 Å². The molecule has 1 aromatic carbocycles. The summed E-state index contributed by atoms with van der Waals surface area (Å²) in [5.41, 5.74) is 4.09. The largest absolute Gasteiger partial charge is 0.493 e. The van der Waals surface area contributed by atoms with Crippen LogP contribution < -0.4 is 10.1 Å². The lowest BCUT2D eigenvalue weighted by atomic mass is 9.91. The predicted octanol–water partition coefficient (Wildman–Crippen LogP) is 3.94. The molecule has 1 N–H and O–H groups in total. The fraction of sp³-hybridized carbons (Fsp3) is 0.625. The molecule has 1 heterocycles. The molecule has 100 valence electrons. The first-order chi connectivity index (χ1) is 8.65. The van der Waals surface area contributed by atoms with E-state index in [0.29, 0.717) is 12.0 Å². The fourth-order valence-electron chi connectivity index (χ4n) is 2.82. The number of benzene rings is 1. The minimum Gasteiger partial charge on any atom is -0.493 e. The van der Waals surface area contributed by atoms with Gasteiger partial charge in [-0.05, 0) is 43.4 Å². The lowest BCUT2D eigenvalue weighted by molar-refractivity contribution is 0.311. The highest BCUT2D eigenvalue weighted by atomic mass is 16.5. The summed E-state index contributed by atoms with van der Waals surface area (Å²) in [6.45, 7) is 10.7. The summed E-state index contributed by atoms with van der Waals surface area (Å²) in [6, 6.07) is 4.92. The van der Waals surface area contributed by atoms with Crippen molar-refractivity contribution in [2.24, 2.45) is 0 Å². The van der Waals surface area contributed by atoms with Crippen LogP contribution in [0, 0.1) is 6.92 Å². The molecule has 2 heteroatoms. The Morgan fingerprint density at radius 1 is 1.39 bits per heavy atom. The first-order valence-electron chi connectivity index (χ1n) is 7.14. The summed E-state index contributed by atoms with van der Waals surface area (Å²) in [5.74, 6) is 1.66. The lowest BCUT2D eigenvalue weighted by Gasteiger charge is -2.23. The second kappa shape index (κ2) is 5.75. The van der Waals surface area contributed by atoms with Crippen molar-refractivity contribution < 1.29 is 4.74 Å². The van der Waals surface area contributed by atoms with Gasteiger partial charge in [0.1, 0.15) is 5.75 Å². The van der Waals surface area contributed by atoms with Crippen molar-refractivity contribution in [3.8, 4) is 5.75 Å². The molecule has 0 amide bonds. The maximum atomic E-state index is 6.06. The van der Waals surface area contributed by atoms with Crippen LogP contribution in [0.3, 0.4) is 0 Å². The molecule has 0 fully saturated rings. The maximum Gasteiger partial charge on any atom is 0.127 e. The number of fused-ring (bicyclic) bond motifs is 1. The molecule has 1 aromatic rings. The van der Waals surface area contributed by atoms with E-state index in [0.717, 1.165) is 25.3 Å². The molecule has 2 nitrogen and oxygen atoms in total. The van der Waals surface area contributed by atoms with Gasteiger partial charge in [-0.3, -0.25) is 0 Å². The number of nitrogens with one attached hydrogen (secondary N) is 1. The van der Waals surface area contributed by atoms with E-state index in [1.165, 1.54) is 23.1 Å². The van der Waals surface area contributed by atoms with Crippen LogP contribution in [0.4, 0.5) is 0 Å². The molecule has 0 bridgehead atoms. The molecule has 0 aromatic heterocycles. The maximum absolute atomic E-state index is 6.06. The molecular formula is C16H25NO. The van der Waals surface area contributed by atoms with Gasteiger partial charge in [-0.25, -0.2) is 0 Å². The third-order valence-electron chi connectivity index (χ3n) is 3.75. The van der Waals surface area contributed by atoms with Crippen LogP contribution in [0.2, 0.25) is 0 Å². The molecule has 18 heavy (non-hydrogen) atoms. The van der Waals surface area contributed by atoms with Crippen LogP contribution in [0.25, 0.3) is 0 Å². The Labute approximate surface area is 111 Å². The van der Waals surface area contributed by atoms with Gasteiger partial charge in [0, 0.05) is 11.6 Å². The van der Waals surface area contributed by atoms with E-state index in [4.69, 9.17) is 4.74 Å². The van der Waals surface area contributed by atoms with Gasteiger partial charge in [0.2, 0.25) is 0 Å². The summed E-state index contributed by atoms with van der Waals surface area (Å²) in [4.78, 5) is 0. The zero-order chi connectivity index (χ0) is 13.1. The third kappa shape index (κ3) is 2.54. The van der Waals surface area contributed by atoms with Crippen LogP contribution in [-0.2, 0) is 0 Å². The van der Waals surface area contributed by atoms with Crippen molar-refractivity contribution >= 4 is 0 Å². The molecular weight excluding hydrogens is 222 g/mol. The smallest absolute Gasteiger partial charge is 0.127 e. The normalized spacial score (nSPS) is 19.3. The molecule has 1 unspecified atom stereocenters. The standard InChI is InChI=1S/C16H25NO/c1-5-17-14-7-6-10-18-16-13(11(2)3)9-8-12(4)15(14)16/h8-9,11,14,17H,5-7,10H2,1-4H3. The molecule has 0 saturated carbocycles. The van der Waals surface area contributed by atoms with Crippen molar-refractivity contribution in [3.63, 3.8) is 0 Å². The van der Waals surface area contributed by atoms with Gasteiger partial charge >= 0.3 is 0 Å².